The average Bonchev–Trinajstić information content (AvgIpc) is 2.36. The molecule has 0 saturated heterocycles. The van der Waals surface area contributed by atoms with Crippen molar-refractivity contribution in [1.29, 1.82) is 0 Å². The average molecular weight is 407 g/mol. The summed E-state index contributed by atoms with van der Waals surface area (Å²) in [6.45, 7) is 0. The van der Waals surface area contributed by atoms with E-state index >= 15 is 0 Å². The zero-order valence-electron chi connectivity index (χ0n) is 9.75. The molecule has 0 aliphatic heterocycles. The van der Waals surface area contributed by atoms with Crippen LogP contribution in [0.2, 0.25) is 0 Å². The lowest BCUT2D eigenvalue weighted by Crippen LogP contribution is -2.14. The molecule has 2 N–H and O–H groups in total. The van der Waals surface area contributed by atoms with E-state index in [4.69, 9.17) is 0 Å². The van der Waals surface area contributed by atoms with Crippen LogP contribution < -0.4 is 5.32 Å². The summed E-state index contributed by atoms with van der Waals surface area (Å²) >= 11 is 6.08. The van der Waals surface area contributed by atoms with Crippen molar-refractivity contribution in [2.24, 2.45) is 0 Å². The highest BCUT2D eigenvalue weighted by molar-refractivity contribution is 9.10. The molecule has 0 aromatic heterocycles. The highest BCUT2D eigenvalue weighted by Crippen LogP contribution is 2.26. The molecule has 0 unspecified atom stereocenters. The van der Waals surface area contributed by atoms with Crippen molar-refractivity contribution < 1.29 is 18.7 Å². The summed E-state index contributed by atoms with van der Waals surface area (Å²) < 4.78 is 28.0. The molecule has 7 heteroatoms. The molecular weight excluding hydrogens is 400 g/mol. The van der Waals surface area contributed by atoms with Crippen molar-refractivity contribution in [1.82, 2.24) is 0 Å². The zero-order chi connectivity index (χ0) is 14.9. The van der Waals surface area contributed by atoms with Crippen molar-refractivity contribution in [2.45, 2.75) is 0 Å². The van der Waals surface area contributed by atoms with E-state index in [1.54, 1.807) is 0 Å². The SMILES string of the molecule is O=C(Nc1c(F)cc(Br)cc1F)c1cc(Br)ccc1O. The van der Waals surface area contributed by atoms with E-state index in [0.717, 1.165) is 12.1 Å². The number of carbonyl (C=O) groups is 1. The molecule has 0 aliphatic rings. The van der Waals surface area contributed by atoms with E-state index < -0.39 is 23.2 Å². The Morgan fingerprint density at radius 1 is 1.05 bits per heavy atom. The van der Waals surface area contributed by atoms with Gasteiger partial charge in [0.2, 0.25) is 0 Å². The molecular formula is C13H7Br2F2NO2. The molecule has 1 amide bonds. The number of carbonyl (C=O) groups excluding carboxylic acids is 1. The number of phenolic OH excluding ortho intramolecular Hbond substituents is 1. The molecule has 2 aromatic carbocycles. The Kier molecular flexibility index (Phi) is 4.39. The normalized spacial score (nSPS) is 10.4. The van der Waals surface area contributed by atoms with Gasteiger partial charge in [0.15, 0.2) is 11.6 Å². The smallest absolute Gasteiger partial charge is 0.259 e. The van der Waals surface area contributed by atoms with Gasteiger partial charge in [-0.1, -0.05) is 31.9 Å². The van der Waals surface area contributed by atoms with Gasteiger partial charge in [-0.15, -0.1) is 0 Å². The quantitative estimate of drug-likeness (QED) is 0.774. The van der Waals surface area contributed by atoms with Crippen LogP contribution in [0.15, 0.2) is 39.3 Å². The molecule has 0 spiro atoms. The second kappa shape index (κ2) is 5.88. The number of anilines is 1. The molecule has 2 rings (SSSR count). The lowest BCUT2D eigenvalue weighted by atomic mass is 10.2. The third-order valence-corrected chi connectivity index (χ3v) is 3.40. The van der Waals surface area contributed by atoms with Crippen molar-refractivity contribution in [3.8, 4) is 5.75 Å². The van der Waals surface area contributed by atoms with Gasteiger partial charge in [0.1, 0.15) is 11.4 Å². The van der Waals surface area contributed by atoms with Crippen LogP contribution in [-0.4, -0.2) is 11.0 Å². The van der Waals surface area contributed by atoms with Crippen LogP contribution in [-0.2, 0) is 0 Å². The predicted octanol–water partition coefficient (Wildman–Crippen LogP) is 4.45. The summed E-state index contributed by atoms with van der Waals surface area (Å²) in [5, 5.41) is 11.7. The summed E-state index contributed by atoms with van der Waals surface area (Å²) in [5.74, 6) is -2.94. The summed E-state index contributed by atoms with van der Waals surface area (Å²) in [6.07, 6.45) is 0. The van der Waals surface area contributed by atoms with E-state index in [2.05, 4.69) is 37.2 Å². The zero-order valence-corrected chi connectivity index (χ0v) is 12.9. The van der Waals surface area contributed by atoms with Gasteiger partial charge in [-0.3, -0.25) is 4.79 Å². The monoisotopic (exact) mass is 405 g/mol. The van der Waals surface area contributed by atoms with Gasteiger partial charge in [-0.2, -0.15) is 0 Å². The summed E-state index contributed by atoms with van der Waals surface area (Å²) in [7, 11) is 0. The predicted molar refractivity (Wildman–Crippen MR) is 77.8 cm³/mol. The summed E-state index contributed by atoms with van der Waals surface area (Å²) in [6, 6.07) is 6.23. The standard InChI is InChI=1S/C13H7Br2F2NO2/c14-6-1-2-11(19)8(3-6)13(20)18-12-9(16)4-7(15)5-10(12)17/h1-5,19H,(H,18,20). The first kappa shape index (κ1) is 14.9. The largest absolute Gasteiger partial charge is 0.507 e. The Bertz CT molecular complexity index is 669. The number of hydrogen-bond acceptors (Lipinski definition) is 2. The Hall–Kier alpha value is -1.47. The Morgan fingerprint density at radius 2 is 1.65 bits per heavy atom. The summed E-state index contributed by atoms with van der Waals surface area (Å²) in [5.41, 5.74) is -0.668. The minimum absolute atomic E-state index is 0.0962. The first-order chi connectivity index (χ1) is 9.38. The van der Waals surface area contributed by atoms with Gasteiger partial charge >= 0.3 is 0 Å². The molecule has 0 fully saturated rings. The second-order valence-electron chi connectivity index (χ2n) is 3.86. The first-order valence-electron chi connectivity index (χ1n) is 5.33. The molecule has 0 radical (unpaired) electrons. The molecule has 104 valence electrons. The van der Waals surface area contributed by atoms with Crippen LogP contribution in [0.25, 0.3) is 0 Å². The van der Waals surface area contributed by atoms with E-state index in [9.17, 15) is 18.7 Å². The van der Waals surface area contributed by atoms with Crippen LogP contribution in [0.4, 0.5) is 14.5 Å². The fourth-order valence-electron chi connectivity index (χ4n) is 1.53. The fraction of sp³-hybridized carbons (Fsp3) is 0. The molecule has 0 saturated carbocycles. The highest BCUT2D eigenvalue weighted by atomic mass is 79.9. The van der Waals surface area contributed by atoms with Crippen molar-refractivity contribution in [2.75, 3.05) is 5.32 Å². The van der Waals surface area contributed by atoms with Crippen LogP contribution in [0.3, 0.4) is 0 Å². The third-order valence-electron chi connectivity index (χ3n) is 2.45. The maximum Gasteiger partial charge on any atom is 0.259 e. The van der Waals surface area contributed by atoms with Crippen LogP contribution in [0.5, 0.6) is 5.75 Å². The molecule has 20 heavy (non-hydrogen) atoms. The van der Waals surface area contributed by atoms with Crippen LogP contribution >= 0.6 is 31.9 Å². The number of rotatable bonds is 2. The molecule has 0 bridgehead atoms. The second-order valence-corrected chi connectivity index (χ2v) is 5.69. The van der Waals surface area contributed by atoms with Crippen LogP contribution in [0.1, 0.15) is 10.4 Å². The van der Waals surface area contributed by atoms with E-state index in [-0.39, 0.29) is 15.8 Å². The molecule has 0 atom stereocenters. The molecule has 3 nitrogen and oxygen atoms in total. The minimum Gasteiger partial charge on any atom is -0.507 e. The number of benzene rings is 2. The topological polar surface area (TPSA) is 49.3 Å². The maximum absolute atomic E-state index is 13.6. The van der Waals surface area contributed by atoms with E-state index in [1.807, 2.05) is 0 Å². The third kappa shape index (κ3) is 3.16. The minimum atomic E-state index is -0.917. The Labute approximate surface area is 129 Å². The number of phenols is 1. The van der Waals surface area contributed by atoms with Crippen molar-refractivity contribution in [3.63, 3.8) is 0 Å². The Balaban J connectivity index is 2.35. The van der Waals surface area contributed by atoms with Gasteiger partial charge in [0, 0.05) is 8.95 Å². The number of halogens is 4. The summed E-state index contributed by atoms with van der Waals surface area (Å²) in [4.78, 5) is 11.9. The molecule has 0 heterocycles. The highest BCUT2D eigenvalue weighted by Gasteiger charge is 2.17. The number of hydrogen-bond donors (Lipinski definition) is 2. The van der Waals surface area contributed by atoms with Crippen LogP contribution in [0, 0.1) is 11.6 Å². The molecule has 0 aliphatic carbocycles. The Morgan fingerprint density at radius 3 is 2.25 bits per heavy atom. The van der Waals surface area contributed by atoms with Gasteiger partial charge in [0.05, 0.1) is 5.56 Å². The maximum atomic E-state index is 13.6. The van der Waals surface area contributed by atoms with Crippen molar-refractivity contribution >= 4 is 43.5 Å². The van der Waals surface area contributed by atoms with Gasteiger partial charge in [0.25, 0.3) is 5.91 Å². The van der Waals surface area contributed by atoms with E-state index in [0.29, 0.717) is 4.47 Å². The number of aromatic hydroxyl groups is 1. The van der Waals surface area contributed by atoms with Gasteiger partial charge in [-0.25, -0.2) is 8.78 Å². The first-order valence-corrected chi connectivity index (χ1v) is 6.91. The van der Waals surface area contributed by atoms with Gasteiger partial charge in [-0.05, 0) is 30.3 Å². The fourth-order valence-corrected chi connectivity index (χ4v) is 2.30. The lowest BCUT2D eigenvalue weighted by Gasteiger charge is -2.09. The number of amides is 1. The van der Waals surface area contributed by atoms with Gasteiger partial charge < -0.3 is 10.4 Å². The lowest BCUT2D eigenvalue weighted by molar-refractivity contribution is 0.102. The van der Waals surface area contributed by atoms with E-state index in [1.165, 1.54) is 18.2 Å². The number of nitrogens with one attached hydrogen (secondary N) is 1. The van der Waals surface area contributed by atoms with Crippen molar-refractivity contribution in [3.05, 3.63) is 56.5 Å². The molecule has 2 aromatic rings.